The minimum Gasteiger partial charge on any atom is -0.491 e. The monoisotopic (exact) mass is 446 g/mol. The van der Waals surface area contributed by atoms with Crippen molar-refractivity contribution < 1.29 is 4.74 Å². The van der Waals surface area contributed by atoms with Crippen LogP contribution in [0.5, 0.6) is 5.75 Å². The Kier molecular flexibility index (Phi) is 10.2. The summed E-state index contributed by atoms with van der Waals surface area (Å²) in [5.41, 5.74) is 2.31. The van der Waals surface area contributed by atoms with Crippen molar-refractivity contribution >= 4 is 17.7 Å². The highest BCUT2D eigenvalue weighted by molar-refractivity contribution is 7.98. The number of ether oxygens (including phenoxy) is 1. The molecule has 1 aromatic heterocycles. The Morgan fingerprint density at radius 2 is 1.97 bits per heavy atom. The summed E-state index contributed by atoms with van der Waals surface area (Å²) in [4.78, 5) is 4.35. The molecule has 0 aliphatic heterocycles. The van der Waals surface area contributed by atoms with Crippen LogP contribution in [0.1, 0.15) is 51.1 Å². The van der Waals surface area contributed by atoms with Crippen LogP contribution in [0.4, 0.5) is 0 Å². The molecule has 0 saturated carbocycles. The number of benzene rings is 1. The number of nitrogens with one attached hydrogen (secondary N) is 2. The van der Waals surface area contributed by atoms with E-state index < -0.39 is 0 Å². The molecule has 0 aliphatic carbocycles. The van der Waals surface area contributed by atoms with Gasteiger partial charge in [-0.05, 0) is 51.0 Å². The Hall–Kier alpha value is -2.22. The first-order valence-electron chi connectivity index (χ1n) is 11.0. The van der Waals surface area contributed by atoms with Gasteiger partial charge in [0.05, 0.1) is 6.10 Å². The normalized spacial score (nSPS) is 12.0. The van der Waals surface area contributed by atoms with Gasteiger partial charge in [-0.1, -0.05) is 37.7 Å². The molecule has 7 nitrogen and oxygen atoms in total. The topological polar surface area (TPSA) is 76.4 Å². The van der Waals surface area contributed by atoms with Crippen molar-refractivity contribution in [2.24, 2.45) is 10.9 Å². The highest BCUT2D eigenvalue weighted by Crippen LogP contribution is 2.21. The van der Waals surface area contributed by atoms with Crippen LogP contribution < -0.4 is 15.4 Å². The van der Waals surface area contributed by atoms with Gasteiger partial charge in [-0.25, -0.2) is 0 Å². The van der Waals surface area contributed by atoms with Gasteiger partial charge in [-0.2, -0.15) is 0 Å². The molecule has 31 heavy (non-hydrogen) atoms. The molecule has 0 spiro atoms. The summed E-state index contributed by atoms with van der Waals surface area (Å²) >= 11 is 1.65. The highest BCUT2D eigenvalue weighted by atomic mass is 32.2. The molecule has 0 radical (unpaired) electrons. The van der Waals surface area contributed by atoms with Gasteiger partial charge in [0.25, 0.3) is 0 Å². The van der Waals surface area contributed by atoms with Crippen molar-refractivity contribution in [1.29, 1.82) is 0 Å². The van der Waals surface area contributed by atoms with E-state index in [1.165, 1.54) is 5.56 Å². The molecule has 0 amide bonds. The quantitative estimate of drug-likeness (QED) is 0.235. The maximum Gasteiger partial charge on any atom is 0.191 e. The van der Waals surface area contributed by atoms with Crippen LogP contribution in [0, 0.1) is 12.8 Å². The fraction of sp³-hybridized carbons (Fsp3) is 0.609. The van der Waals surface area contributed by atoms with E-state index in [4.69, 9.17) is 4.74 Å². The van der Waals surface area contributed by atoms with Crippen LogP contribution in [-0.2, 0) is 19.5 Å². The van der Waals surface area contributed by atoms with Crippen LogP contribution in [0.15, 0.2) is 28.3 Å². The van der Waals surface area contributed by atoms with Crippen molar-refractivity contribution in [3.8, 4) is 5.75 Å². The summed E-state index contributed by atoms with van der Waals surface area (Å²) < 4.78 is 8.22. The first-order valence-corrected chi connectivity index (χ1v) is 12.2. The van der Waals surface area contributed by atoms with Crippen molar-refractivity contribution in [2.75, 3.05) is 19.8 Å². The fourth-order valence-electron chi connectivity index (χ4n) is 3.23. The van der Waals surface area contributed by atoms with E-state index in [0.717, 1.165) is 54.2 Å². The van der Waals surface area contributed by atoms with E-state index in [2.05, 4.69) is 69.4 Å². The zero-order chi connectivity index (χ0) is 22.8. The average Bonchev–Trinajstić information content (AvgIpc) is 3.09. The van der Waals surface area contributed by atoms with Gasteiger partial charge < -0.3 is 19.9 Å². The summed E-state index contributed by atoms with van der Waals surface area (Å²) in [5.74, 6) is 3.32. The zero-order valence-corrected chi connectivity index (χ0v) is 20.8. The van der Waals surface area contributed by atoms with Crippen molar-refractivity contribution in [3.63, 3.8) is 0 Å². The summed E-state index contributed by atoms with van der Waals surface area (Å²) in [5, 5.41) is 16.5. The van der Waals surface area contributed by atoms with Crippen molar-refractivity contribution in [1.82, 2.24) is 25.4 Å². The second-order valence-electron chi connectivity index (χ2n) is 8.34. The lowest BCUT2D eigenvalue weighted by Gasteiger charge is -2.17. The third-order valence-electron chi connectivity index (χ3n) is 4.65. The second-order valence-corrected chi connectivity index (χ2v) is 9.11. The molecule has 0 unspecified atom stereocenters. The third-order valence-corrected chi connectivity index (χ3v) is 5.32. The molecule has 1 heterocycles. The molecular formula is C23H38N6OS. The van der Waals surface area contributed by atoms with Gasteiger partial charge >= 0.3 is 0 Å². The van der Waals surface area contributed by atoms with E-state index in [1.807, 2.05) is 20.1 Å². The summed E-state index contributed by atoms with van der Waals surface area (Å²) in [6, 6.07) is 6.30. The molecule has 0 aliphatic rings. The van der Waals surface area contributed by atoms with Crippen LogP contribution in [0.2, 0.25) is 0 Å². The highest BCUT2D eigenvalue weighted by Gasteiger charge is 2.12. The molecule has 0 atom stereocenters. The Morgan fingerprint density at radius 3 is 2.61 bits per heavy atom. The second kappa shape index (κ2) is 12.6. The van der Waals surface area contributed by atoms with Gasteiger partial charge in [-0.15, -0.1) is 10.2 Å². The molecule has 0 fully saturated rings. The van der Waals surface area contributed by atoms with Gasteiger partial charge in [0.1, 0.15) is 11.6 Å². The number of nitrogens with zero attached hydrogens (tertiary/aromatic N) is 4. The number of thioether (sulfide) groups is 1. The van der Waals surface area contributed by atoms with Gasteiger partial charge in [0.15, 0.2) is 11.1 Å². The molecule has 2 rings (SSSR count). The van der Waals surface area contributed by atoms with Crippen molar-refractivity contribution in [3.05, 3.63) is 35.2 Å². The van der Waals surface area contributed by atoms with E-state index in [9.17, 15) is 0 Å². The van der Waals surface area contributed by atoms with Crippen molar-refractivity contribution in [2.45, 2.75) is 71.8 Å². The Balaban J connectivity index is 1.86. The van der Waals surface area contributed by atoms with E-state index in [0.29, 0.717) is 12.5 Å². The Labute approximate surface area is 191 Å². The summed E-state index contributed by atoms with van der Waals surface area (Å²) in [6.45, 7) is 13.0. The SMILES string of the molecule is CN=C(NCCCc1nnc(SC)n1CC(C)C)NCc1ccc(C)cc1OC(C)C. The average molecular weight is 447 g/mol. The molecule has 2 aromatic rings. The molecule has 172 valence electrons. The number of rotatable bonds is 11. The van der Waals surface area contributed by atoms with Crippen LogP contribution in [0.25, 0.3) is 0 Å². The number of guanidine groups is 1. The third kappa shape index (κ3) is 8.09. The number of aryl methyl sites for hydroxylation is 2. The Morgan fingerprint density at radius 1 is 1.19 bits per heavy atom. The molecule has 0 saturated heterocycles. The van der Waals surface area contributed by atoms with E-state index >= 15 is 0 Å². The minimum atomic E-state index is 0.141. The minimum absolute atomic E-state index is 0.141. The van der Waals surface area contributed by atoms with Gasteiger partial charge in [0, 0.05) is 38.7 Å². The summed E-state index contributed by atoms with van der Waals surface area (Å²) in [7, 11) is 1.79. The summed E-state index contributed by atoms with van der Waals surface area (Å²) in [6.07, 6.45) is 4.03. The van der Waals surface area contributed by atoms with E-state index in [-0.39, 0.29) is 6.10 Å². The van der Waals surface area contributed by atoms with E-state index in [1.54, 1.807) is 18.8 Å². The number of aromatic nitrogens is 3. The number of hydrogen-bond donors (Lipinski definition) is 2. The molecular weight excluding hydrogens is 408 g/mol. The maximum absolute atomic E-state index is 5.97. The smallest absolute Gasteiger partial charge is 0.191 e. The lowest BCUT2D eigenvalue weighted by atomic mass is 10.1. The fourth-order valence-corrected chi connectivity index (χ4v) is 3.75. The largest absolute Gasteiger partial charge is 0.491 e. The Bertz CT molecular complexity index is 847. The van der Waals surface area contributed by atoms with Gasteiger partial charge in [-0.3, -0.25) is 4.99 Å². The zero-order valence-electron chi connectivity index (χ0n) is 20.0. The molecule has 2 N–H and O–H groups in total. The lowest BCUT2D eigenvalue weighted by Crippen LogP contribution is -2.37. The molecule has 1 aromatic carbocycles. The molecule has 0 bridgehead atoms. The number of aliphatic imine (C=N–C) groups is 1. The van der Waals surface area contributed by atoms with Gasteiger partial charge in [0.2, 0.25) is 0 Å². The first kappa shape index (κ1) is 25.0. The standard InChI is InChI=1S/C23H38N6OS/c1-16(2)15-29-21(27-28-23(29)31-7)9-8-12-25-22(24-6)26-14-19-11-10-18(5)13-20(19)30-17(3)4/h10-11,13,16-17H,8-9,12,14-15H2,1-7H3,(H2,24,25,26). The number of hydrogen-bond acceptors (Lipinski definition) is 5. The van der Waals surface area contributed by atoms with Crippen LogP contribution in [-0.4, -0.2) is 46.7 Å². The lowest BCUT2D eigenvalue weighted by molar-refractivity contribution is 0.239. The molecule has 8 heteroatoms. The predicted octanol–water partition coefficient (Wildman–Crippen LogP) is 4.05. The maximum atomic E-state index is 5.97. The van der Waals surface area contributed by atoms with Crippen LogP contribution >= 0.6 is 11.8 Å². The predicted molar refractivity (Wildman–Crippen MR) is 130 cm³/mol. The first-order chi connectivity index (χ1) is 14.8. The van der Waals surface area contributed by atoms with Crippen LogP contribution in [0.3, 0.4) is 0 Å².